The molecular weight excluding hydrogens is 420 g/mol. The molecule has 1 spiro atoms. The van der Waals surface area contributed by atoms with Crippen LogP contribution in [0.25, 0.3) is 11.0 Å². The third-order valence-corrected chi connectivity index (χ3v) is 7.69. The summed E-state index contributed by atoms with van der Waals surface area (Å²) in [5, 5.41) is 1.77. The lowest BCUT2D eigenvalue weighted by molar-refractivity contribution is -0.129. The molecule has 160 valence electrons. The first-order valence-corrected chi connectivity index (χ1v) is 11.6. The molecule has 1 fully saturated rings. The average Bonchev–Trinajstić information content (AvgIpc) is 3.32. The summed E-state index contributed by atoms with van der Waals surface area (Å²) < 4.78 is 8.40. The van der Waals surface area contributed by atoms with E-state index in [1.807, 2.05) is 72.3 Å². The van der Waals surface area contributed by atoms with Crippen LogP contribution in [0.5, 0.6) is 5.75 Å². The molecule has 0 saturated carbocycles. The fourth-order valence-electron chi connectivity index (χ4n) is 4.66. The lowest BCUT2D eigenvalue weighted by Gasteiger charge is -2.44. The zero-order valence-electron chi connectivity index (χ0n) is 17.6. The van der Waals surface area contributed by atoms with E-state index >= 15 is 0 Å². The number of rotatable bonds is 3. The Morgan fingerprint density at radius 2 is 1.78 bits per heavy atom. The quantitative estimate of drug-likeness (QED) is 0.491. The van der Waals surface area contributed by atoms with Crippen LogP contribution in [0.3, 0.4) is 0 Å². The summed E-state index contributed by atoms with van der Waals surface area (Å²) in [6.07, 6.45) is 0.482. The summed E-state index contributed by atoms with van der Waals surface area (Å²) in [6.45, 7) is 0. The van der Waals surface area contributed by atoms with Crippen LogP contribution in [-0.2, 0) is 16.7 Å². The van der Waals surface area contributed by atoms with Gasteiger partial charge >= 0.3 is 0 Å². The van der Waals surface area contributed by atoms with Gasteiger partial charge in [-0.2, -0.15) is 0 Å². The number of nitrogens with one attached hydrogen (secondary N) is 1. The predicted molar refractivity (Wildman–Crippen MR) is 126 cm³/mol. The highest BCUT2D eigenvalue weighted by Gasteiger charge is 2.54. The van der Waals surface area contributed by atoms with E-state index in [1.165, 1.54) is 0 Å². The monoisotopic (exact) mass is 442 g/mol. The third-order valence-electron chi connectivity index (χ3n) is 6.25. The first-order chi connectivity index (χ1) is 15.7. The fourth-order valence-corrected chi connectivity index (χ4v) is 6.02. The number of benzene rings is 3. The normalized spacial score (nSPS) is 22.2. The minimum Gasteiger partial charge on any atom is -0.485 e. The van der Waals surface area contributed by atoms with E-state index in [0.29, 0.717) is 18.1 Å². The number of thioether (sulfide) groups is 1. The highest BCUT2D eigenvalue weighted by Crippen LogP contribution is 2.56. The minimum absolute atomic E-state index is 0.0329. The topological polar surface area (TPSA) is 59.4 Å². The number of carbonyl (C=O) groups is 1. The molecule has 1 amide bonds. The molecule has 7 heteroatoms. The molecule has 0 bridgehead atoms. The number of hydrogen-bond acceptors (Lipinski definition) is 5. The number of anilines is 1. The number of fused-ring (bicyclic) bond motifs is 3. The van der Waals surface area contributed by atoms with Gasteiger partial charge in [0, 0.05) is 19.0 Å². The van der Waals surface area contributed by atoms with Gasteiger partial charge in [-0.3, -0.25) is 10.2 Å². The van der Waals surface area contributed by atoms with Crippen molar-refractivity contribution in [2.24, 2.45) is 7.05 Å². The largest absolute Gasteiger partial charge is 0.485 e. The van der Waals surface area contributed by atoms with E-state index in [9.17, 15) is 4.79 Å². The van der Waals surface area contributed by atoms with E-state index < -0.39 is 4.87 Å². The van der Waals surface area contributed by atoms with Crippen molar-refractivity contribution in [3.63, 3.8) is 0 Å². The second-order valence-electron chi connectivity index (χ2n) is 8.11. The molecule has 6 rings (SSSR count). The summed E-state index contributed by atoms with van der Waals surface area (Å²) in [5.74, 6) is 1.88. The van der Waals surface area contributed by atoms with E-state index in [-0.39, 0.29) is 12.0 Å². The molecule has 2 aliphatic rings. The summed E-state index contributed by atoms with van der Waals surface area (Å²) in [5.41, 5.74) is 7.39. The van der Waals surface area contributed by atoms with Gasteiger partial charge in [-0.05, 0) is 23.8 Å². The van der Waals surface area contributed by atoms with Crippen molar-refractivity contribution in [3.8, 4) is 5.75 Å². The van der Waals surface area contributed by atoms with Gasteiger partial charge in [-0.1, -0.05) is 60.7 Å². The van der Waals surface area contributed by atoms with Crippen molar-refractivity contribution < 1.29 is 9.53 Å². The zero-order chi connectivity index (χ0) is 21.7. The van der Waals surface area contributed by atoms with Gasteiger partial charge in [0.25, 0.3) is 5.91 Å². The van der Waals surface area contributed by atoms with Gasteiger partial charge in [0.2, 0.25) is 5.95 Å². The van der Waals surface area contributed by atoms with Crippen molar-refractivity contribution in [1.29, 1.82) is 0 Å². The number of ether oxygens (including phenoxy) is 1. The molecule has 32 heavy (non-hydrogen) atoms. The maximum atomic E-state index is 13.2. The van der Waals surface area contributed by atoms with Crippen LogP contribution in [0.15, 0.2) is 78.9 Å². The van der Waals surface area contributed by atoms with E-state index in [1.54, 1.807) is 16.8 Å². The number of amides is 1. The van der Waals surface area contributed by atoms with Crippen molar-refractivity contribution in [2.75, 3.05) is 11.2 Å². The number of aromatic nitrogens is 2. The van der Waals surface area contributed by atoms with E-state index in [2.05, 4.69) is 23.6 Å². The maximum absolute atomic E-state index is 13.2. The van der Waals surface area contributed by atoms with Gasteiger partial charge in [0.1, 0.15) is 16.7 Å². The molecule has 2 atom stereocenters. The van der Waals surface area contributed by atoms with Crippen LogP contribution in [-0.4, -0.2) is 26.2 Å². The van der Waals surface area contributed by atoms with Crippen LogP contribution in [0.2, 0.25) is 0 Å². The van der Waals surface area contributed by atoms with Crippen molar-refractivity contribution in [2.45, 2.75) is 17.4 Å². The minimum atomic E-state index is -0.593. The first kappa shape index (κ1) is 19.3. The third kappa shape index (κ3) is 2.88. The molecule has 3 heterocycles. The number of aryl methyl sites for hydroxylation is 1. The summed E-state index contributed by atoms with van der Waals surface area (Å²) in [7, 11) is 1.96. The Morgan fingerprint density at radius 1 is 1.03 bits per heavy atom. The molecule has 6 nitrogen and oxygen atoms in total. The highest BCUT2D eigenvalue weighted by atomic mass is 32.2. The number of imidazole rings is 1. The Hall–Kier alpha value is -3.45. The van der Waals surface area contributed by atoms with Crippen LogP contribution >= 0.6 is 11.8 Å². The van der Waals surface area contributed by atoms with Crippen molar-refractivity contribution in [1.82, 2.24) is 14.6 Å². The first-order valence-electron chi connectivity index (χ1n) is 10.6. The Kier molecular flexibility index (Phi) is 4.40. The Balaban J connectivity index is 1.45. The SMILES string of the molecule is Cn1c(NN2C(=O)CSC23CC(c2ccccc2)Oc2ccccc23)nc2ccccc21. The van der Waals surface area contributed by atoms with E-state index in [4.69, 9.17) is 9.72 Å². The lowest BCUT2D eigenvalue weighted by atomic mass is 9.91. The number of nitrogens with zero attached hydrogens (tertiary/aromatic N) is 3. The van der Waals surface area contributed by atoms with Gasteiger partial charge in [-0.25, -0.2) is 9.99 Å². The van der Waals surface area contributed by atoms with Crippen LogP contribution in [0.1, 0.15) is 23.7 Å². The van der Waals surface area contributed by atoms with Gasteiger partial charge < -0.3 is 9.30 Å². The summed E-state index contributed by atoms with van der Waals surface area (Å²) >= 11 is 1.65. The molecule has 2 aliphatic heterocycles. The van der Waals surface area contributed by atoms with E-state index in [0.717, 1.165) is 27.9 Å². The average molecular weight is 443 g/mol. The second kappa shape index (κ2) is 7.31. The smallest absolute Gasteiger partial charge is 0.252 e. The molecule has 1 saturated heterocycles. The molecule has 0 radical (unpaired) electrons. The number of para-hydroxylation sites is 3. The number of hydrogen-bond donors (Lipinski definition) is 1. The maximum Gasteiger partial charge on any atom is 0.252 e. The summed E-state index contributed by atoms with van der Waals surface area (Å²) in [6, 6.07) is 26.2. The standard InChI is InChI=1S/C25H22N4O2S/c1-28-20-13-7-6-12-19(20)26-24(28)27-29-23(30)16-32-25(29)15-22(17-9-3-2-4-10-17)31-21-14-8-5-11-18(21)25/h2-14,22H,15-16H2,1H3,(H,26,27). The van der Waals surface area contributed by atoms with Gasteiger partial charge in [0.15, 0.2) is 0 Å². The molecular formula is C25H22N4O2S. The second-order valence-corrected chi connectivity index (χ2v) is 9.37. The molecule has 1 aromatic heterocycles. The Bertz CT molecular complexity index is 1320. The number of hydrazine groups is 1. The lowest BCUT2D eigenvalue weighted by Crippen LogP contribution is -2.49. The van der Waals surface area contributed by atoms with Crippen LogP contribution in [0.4, 0.5) is 5.95 Å². The predicted octanol–water partition coefficient (Wildman–Crippen LogP) is 4.85. The molecule has 1 N–H and O–H groups in total. The molecule has 2 unspecified atom stereocenters. The van der Waals surface area contributed by atoms with Crippen LogP contribution < -0.4 is 10.2 Å². The summed E-state index contributed by atoms with van der Waals surface area (Å²) in [4.78, 5) is 17.3. The molecule has 3 aromatic carbocycles. The van der Waals surface area contributed by atoms with Crippen molar-refractivity contribution >= 4 is 34.7 Å². The zero-order valence-corrected chi connectivity index (χ0v) is 18.4. The van der Waals surface area contributed by atoms with Gasteiger partial charge in [0.05, 0.1) is 16.8 Å². The van der Waals surface area contributed by atoms with Crippen molar-refractivity contribution in [3.05, 3.63) is 90.0 Å². The number of carbonyl (C=O) groups excluding carboxylic acids is 1. The van der Waals surface area contributed by atoms with Crippen LogP contribution in [0, 0.1) is 0 Å². The molecule has 0 aliphatic carbocycles. The fraction of sp³-hybridized carbons (Fsp3) is 0.200. The molecule has 4 aromatic rings. The Morgan fingerprint density at radius 3 is 2.62 bits per heavy atom. The van der Waals surface area contributed by atoms with Gasteiger partial charge in [-0.15, -0.1) is 11.8 Å². The highest BCUT2D eigenvalue weighted by molar-refractivity contribution is 8.01. The Labute approximate surface area is 190 Å².